The normalized spacial score (nSPS) is 14.2. The first-order chi connectivity index (χ1) is 13.0. The Morgan fingerprint density at radius 2 is 1.64 bits per heavy atom. The van der Waals surface area contributed by atoms with Gasteiger partial charge in [-0.3, -0.25) is 14.4 Å². The Morgan fingerprint density at radius 1 is 1.00 bits per heavy atom. The van der Waals surface area contributed by atoms with E-state index in [4.69, 9.17) is 9.47 Å². The van der Waals surface area contributed by atoms with E-state index in [2.05, 4.69) is 0 Å². The van der Waals surface area contributed by atoms with E-state index in [9.17, 15) is 19.5 Å². The maximum Gasteiger partial charge on any atom is 0.308 e. The molecule has 6 heteroatoms. The van der Waals surface area contributed by atoms with E-state index in [0.717, 1.165) is 5.56 Å². The maximum atomic E-state index is 13.3. The molecule has 3 rings (SSSR count). The van der Waals surface area contributed by atoms with E-state index in [1.54, 1.807) is 24.3 Å². The quantitative estimate of drug-likeness (QED) is 0.424. The van der Waals surface area contributed by atoms with Crippen molar-refractivity contribution in [3.05, 3.63) is 58.1 Å². The first-order valence-corrected chi connectivity index (χ1v) is 8.94. The average molecular weight is 382 g/mol. The number of carbonyl (C=O) groups excluding carboxylic acids is 3. The van der Waals surface area contributed by atoms with Crippen molar-refractivity contribution < 1.29 is 29.0 Å². The Kier molecular flexibility index (Phi) is 4.85. The molecule has 1 atom stereocenters. The van der Waals surface area contributed by atoms with Crippen LogP contribution in [0.25, 0.3) is 0 Å². The molecule has 0 aliphatic heterocycles. The Balaban J connectivity index is 2.30. The average Bonchev–Trinajstić information content (AvgIpc) is 2.57. The second-order valence-corrected chi connectivity index (χ2v) is 7.79. The van der Waals surface area contributed by atoms with Crippen LogP contribution in [0.15, 0.2) is 30.3 Å². The van der Waals surface area contributed by atoms with Crippen LogP contribution >= 0.6 is 0 Å². The highest BCUT2D eigenvalue weighted by Gasteiger charge is 2.36. The van der Waals surface area contributed by atoms with Crippen molar-refractivity contribution in [1.82, 2.24) is 0 Å². The summed E-state index contributed by atoms with van der Waals surface area (Å²) in [6.45, 7) is 8.53. The van der Waals surface area contributed by atoms with Gasteiger partial charge in [0.1, 0.15) is 11.5 Å². The van der Waals surface area contributed by atoms with Gasteiger partial charge in [-0.15, -0.1) is 0 Å². The van der Waals surface area contributed by atoms with Gasteiger partial charge in [-0.05, 0) is 36.1 Å². The summed E-state index contributed by atoms with van der Waals surface area (Å²) in [6, 6.07) is 7.94. The molecule has 0 saturated heterocycles. The molecule has 0 heterocycles. The third-order valence-corrected chi connectivity index (χ3v) is 4.49. The molecule has 0 amide bonds. The number of carbonyl (C=O) groups is 3. The minimum Gasteiger partial charge on any atom is -0.465 e. The zero-order chi connectivity index (χ0) is 20.8. The maximum absolute atomic E-state index is 13.3. The molecule has 2 aromatic rings. The Bertz CT molecular complexity index is 995. The largest absolute Gasteiger partial charge is 0.465 e. The van der Waals surface area contributed by atoms with Crippen LogP contribution in [0.3, 0.4) is 0 Å². The standard InChI is InChI=1S/C22H22O6/c1-11(23)27-16-8-6-7-14-18(16)21(26)19-15(20(14)25)9-13(22(3,4)5)10-17(19)28-12(2)24/h6-11,23H,1-5H3. The van der Waals surface area contributed by atoms with Crippen molar-refractivity contribution in [2.75, 3.05) is 0 Å². The van der Waals surface area contributed by atoms with Crippen molar-refractivity contribution in [3.8, 4) is 11.5 Å². The van der Waals surface area contributed by atoms with Gasteiger partial charge in [-0.2, -0.15) is 0 Å². The minimum absolute atomic E-state index is 0.0299. The van der Waals surface area contributed by atoms with Crippen molar-refractivity contribution in [2.45, 2.75) is 46.3 Å². The number of fused-ring (bicyclic) bond motifs is 2. The summed E-state index contributed by atoms with van der Waals surface area (Å²) in [5, 5.41) is 9.57. The van der Waals surface area contributed by atoms with Gasteiger partial charge >= 0.3 is 5.97 Å². The number of esters is 1. The molecule has 0 spiro atoms. The Labute approximate surface area is 163 Å². The molecular formula is C22H22O6. The lowest BCUT2D eigenvalue weighted by atomic mass is 9.78. The van der Waals surface area contributed by atoms with Gasteiger partial charge < -0.3 is 14.6 Å². The molecule has 28 heavy (non-hydrogen) atoms. The second-order valence-electron chi connectivity index (χ2n) is 7.79. The number of ketones is 2. The molecule has 0 bridgehead atoms. The lowest BCUT2D eigenvalue weighted by Crippen LogP contribution is -2.26. The predicted molar refractivity (Wildman–Crippen MR) is 102 cm³/mol. The van der Waals surface area contributed by atoms with Gasteiger partial charge in [-0.25, -0.2) is 0 Å². The summed E-state index contributed by atoms with van der Waals surface area (Å²) in [5.74, 6) is -1.29. The third-order valence-electron chi connectivity index (χ3n) is 4.49. The van der Waals surface area contributed by atoms with Crippen molar-refractivity contribution in [2.24, 2.45) is 0 Å². The first kappa shape index (κ1) is 19.8. The van der Waals surface area contributed by atoms with Gasteiger partial charge in [0.05, 0.1) is 11.1 Å². The topological polar surface area (TPSA) is 89.9 Å². The van der Waals surface area contributed by atoms with Gasteiger partial charge in [0.2, 0.25) is 5.78 Å². The molecule has 2 aromatic carbocycles. The summed E-state index contributed by atoms with van der Waals surface area (Å²) < 4.78 is 10.6. The van der Waals surface area contributed by atoms with E-state index in [1.807, 2.05) is 20.8 Å². The number of rotatable bonds is 3. The van der Waals surface area contributed by atoms with Crippen LogP contribution in [0.4, 0.5) is 0 Å². The molecule has 1 aliphatic carbocycles. The van der Waals surface area contributed by atoms with Crippen LogP contribution in [-0.2, 0) is 10.2 Å². The van der Waals surface area contributed by atoms with E-state index in [1.165, 1.54) is 19.9 Å². The number of hydrogen-bond acceptors (Lipinski definition) is 6. The molecule has 1 unspecified atom stereocenters. The molecule has 0 fully saturated rings. The highest BCUT2D eigenvalue weighted by atomic mass is 16.6. The fraction of sp³-hybridized carbons (Fsp3) is 0.318. The van der Waals surface area contributed by atoms with Gasteiger partial charge in [0.15, 0.2) is 12.1 Å². The monoisotopic (exact) mass is 382 g/mol. The predicted octanol–water partition coefficient (Wildman–Crippen LogP) is 3.40. The van der Waals surface area contributed by atoms with Gasteiger partial charge in [0, 0.05) is 18.1 Å². The smallest absolute Gasteiger partial charge is 0.308 e. The van der Waals surface area contributed by atoms with Crippen LogP contribution in [0, 0.1) is 0 Å². The first-order valence-electron chi connectivity index (χ1n) is 8.94. The number of aliphatic hydroxyl groups is 1. The Hall–Kier alpha value is -2.99. The lowest BCUT2D eigenvalue weighted by molar-refractivity contribution is -0.131. The molecule has 146 valence electrons. The van der Waals surface area contributed by atoms with Crippen LogP contribution in [-0.4, -0.2) is 28.9 Å². The highest BCUT2D eigenvalue weighted by molar-refractivity contribution is 6.30. The summed E-state index contributed by atoms with van der Waals surface area (Å²) in [7, 11) is 0. The molecular weight excluding hydrogens is 360 g/mol. The number of aliphatic hydroxyl groups excluding tert-OH is 1. The zero-order valence-corrected chi connectivity index (χ0v) is 16.5. The Morgan fingerprint density at radius 3 is 2.21 bits per heavy atom. The summed E-state index contributed by atoms with van der Waals surface area (Å²) in [4.78, 5) is 38.1. The fourth-order valence-electron chi connectivity index (χ4n) is 3.20. The lowest BCUT2D eigenvalue weighted by Gasteiger charge is -2.26. The summed E-state index contributed by atoms with van der Waals surface area (Å²) in [5.41, 5.74) is 0.902. The van der Waals surface area contributed by atoms with Crippen molar-refractivity contribution >= 4 is 17.5 Å². The molecule has 6 nitrogen and oxygen atoms in total. The number of benzene rings is 2. The molecule has 0 aromatic heterocycles. The van der Waals surface area contributed by atoms with Crippen LogP contribution in [0.1, 0.15) is 72.0 Å². The third kappa shape index (κ3) is 3.43. The molecule has 0 radical (unpaired) electrons. The molecule has 1 N–H and O–H groups in total. The summed E-state index contributed by atoms with van der Waals surface area (Å²) >= 11 is 0. The van der Waals surface area contributed by atoms with Crippen LogP contribution in [0.5, 0.6) is 11.5 Å². The van der Waals surface area contributed by atoms with Crippen molar-refractivity contribution in [1.29, 1.82) is 0 Å². The minimum atomic E-state index is -1.16. The van der Waals surface area contributed by atoms with E-state index in [-0.39, 0.29) is 45.0 Å². The van der Waals surface area contributed by atoms with Crippen LogP contribution in [0.2, 0.25) is 0 Å². The zero-order valence-electron chi connectivity index (χ0n) is 16.5. The summed E-state index contributed by atoms with van der Waals surface area (Å²) in [6.07, 6.45) is -1.16. The number of ether oxygens (including phenoxy) is 2. The van der Waals surface area contributed by atoms with Gasteiger partial charge in [-0.1, -0.05) is 32.9 Å². The number of hydrogen-bond donors (Lipinski definition) is 1. The molecule has 0 saturated carbocycles. The van der Waals surface area contributed by atoms with Gasteiger partial charge in [0.25, 0.3) is 0 Å². The highest BCUT2D eigenvalue weighted by Crippen LogP contribution is 2.40. The van der Waals surface area contributed by atoms with E-state index in [0.29, 0.717) is 0 Å². The van der Waals surface area contributed by atoms with E-state index >= 15 is 0 Å². The second kappa shape index (κ2) is 6.87. The van der Waals surface area contributed by atoms with Crippen molar-refractivity contribution in [3.63, 3.8) is 0 Å². The fourth-order valence-corrected chi connectivity index (χ4v) is 3.20. The SMILES string of the molecule is CC(=O)Oc1cc(C(C)(C)C)cc2c1C(=O)c1c(OC(C)O)cccc1C2=O. The van der Waals surface area contributed by atoms with Crippen LogP contribution < -0.4 is 9.47 Å². The van der Waals surface area contributed by atoms with E-state index < -0.39 is 18.0 Å². The molecule has 1 aliphatic rings.